The quantitative estimate of drug-likeness (QED) is 0.342. The molecule has 11 nitrogen and oxygen atoms in total. The van der Waals surface area contributed by atoms with Crippen molar-refractivity contribution in [3.05, 3.63) is 72.1 Å². The Morgan fingerprint density at radius 1 is 1.14 bits per heavy atom. The van der Waals surface area contributed by atoms with Gasteiger partial charge in [0, 0.05) is 28.5 Å². The lowest BCUT2D eigenvalue weighted by molar-refractivity contribution is -0.201. The number of pyridine rings is 1. The SMILES string of the molecule is CC(C)(C)OC(=O)Nc1cccc(Oc2ccc(C3O[C@@H]4C[C@H]5[C@@H]6CCC7=CC(=O)C=C[C@]7(C)[C@H]6[C@@H](O)C[C@]5(C)[C@]4(C(=O)CO)O3)nc2)c1. The Kier molecular flexibility index (Phi) is 8.13. The van der Waals surface area contributed by atoms with Gasteiger partial charge in [-0.05, 0) is 94.7 Å². The van der Waals surface area contributed by atoms with Gasteiger partial charge in [-0.1, -0.05) is 31.6 Å². The van der Waals surface area contributed by atoms with Gasteiger partial charge in [0.15, 0.2) is 17.2 Å². The molecule has 49 heavy (non-hydrogen) atoms. The third kappa shape index (κ3) is 5.51. The van der Waals surface area contributed by atoms with E-state index in [0.717, 1.165) is 18.4 Å². The Morgan fingerprint density at radius 3 is 2.65 bits per heavy atom. The highest BCUT2D eigenvalue weighted by atomic mass is 16.7. The first-order valence-corrected chi connectivity index (χ1v) is 17.0. The maximum Gasteiger partial charge on any atom is 0.412 e. The van der Waals surface area contributed by atoms with E-state index in [2.05, 4.69) is 17.2 Å². The van der Waals surface area contributed by atoms with E-state index in [1.165, 1.54) is 6.20 Å². The van der Waals surface area contributed by atoms with E-state index in [-0.39, 0.29) is 23.5 Å². The zero-order valence-corrected chi connectivity index (χ0v) is 28.5. The second-order valence-electron chi connectivity index (χ2n) is 15.5. The first kappa shape index (κ1) is 33.6. The summed E-state index contributed by atoms with van der Waals surface area (Å²) in [5.74, 6) is 0.378. The molecule has 9 atom stereocenters. The van der Waals surface area contributed by atoms with Crippen LogP contribution in [0.3, 0.4) is 0 Å². The van der Waals surface area contributed by atoms with E-state index in [4.69, 9.17) is 18.9 Å². The monoisotopic (exact) mass is 672 g/mol. The summed E-state index contributed by atoms with van der Waals surface area (Å²) >= 11 is 0. The normalized spacial score (nSPS) is 36.1. The van der Waals surface area contributed by atoms with E-state index in [1.807, 2.05) is 13.0 Å². The first-order valence-electron chi connectivity index (χ1n) is 17.0. The van der Waals surface area contributed by atoms with Crippen molar-refractivity contribution in [2.45, 2.75) is 90.0 Å². The molecule has 0 bridgehead atoms. The molecule has 260 valence electrons. The summed E-state index contributed by atoms with van der Waals surface area (Å²) in [4.78, 5) is 42.7. The van der Waals surface area contributed by atoms with Crippen LogP contribution in [0.2, 0.25) is 0 Å². The molecule has 1 aliphatic heterocycles. The minimum atomic E-state index is -1.46. The number of benzene rings is 1. The van der Waals surface area contributed by atoms with Crippen molar-refractivity contribution in [2.24, 2.45) is 28.6 Å². The Hall–Kier alpha value is -3.90. The summed E-state index contributed by atoms with van der Waals surface area (Å²) in [5.41, 5.74) is -1.34. The topological polar surface area (TPSA) is 154 Å². The molecule has 2 aromatic rings. The predicted octanol–water partition coefficient (Wildman–Crippen LogP) is 5.82. The fourth-order valence-corrected chi connectivity index (χ4v) is 9.60. The van der Waals surface area contributed by atoms with Gasteiger partial charge in [-0.3, -0.25) is 19.9 Å². The molecule has 1 aromatic carbocycles. The zero-order valence-electron chi connectivity index (χ0n) is 28.5. The number of allylic oxidation sites excluding steroid dienone is 4. The molecule has 2 heterocycles. The number of hydrogen-bond donors (Lipinski definition) is 3. The second kappa shape index (κ2) is 11.9. The van der Waals surface area contributed by atoms with Crippen molar-refractivity contribution in [2.75, 3.05) is 11.9 Å². The lowest BCUT2D eigenvalue weighted by Gasteiger charge is -2.59. The average molecular weight is 673 g/mol. The number of Topliss-reactive ketones (excluding diaryl/α,β-unsaturated/α-hetero) is 1. The number of ketones is 2. The molecule has 4 fully saturated rings. The van der Waals surface area contributed by atoms with Crippen LogP contribution in [0.15, 0.2) is 66.4 Å². The van der Waals surface area contributed by atoms with E-state index >= 15 is 0 Å². The highest BCUT2D eigenvalue weighted by molar-refractivity contribution is 6.01. The van der Waals surface area contributed by atoms with E-state index in [9.17, 15) is 24.6 Å². The molecule has 11 heteroatoms. The Bertz CT molecular complexity index is 1730. The number of aromatic nitrogens is 1. The molecule has 1 unspecified atom stereocenters. The van der Waals surface area contributed by atoms with Gasteiger partial charge < -0.3 is 29.2 Å². The summed E-state index contributed by atoms with van der Waals surface area (Å²) in [6, 6.07) is 10.3. The van der Waals surface area contributed by atoms with Crippen LogP contribution in [0.25, 0.3) is 0 Å². The van der Waals surface area contributed by atoms with Gasteiger partial charge >= 0.3 is 6.09 Å². The number of fused-ring (bicyclic) bond motifs is 7. The van der Waals surface area contributed by atoms with Crippen LogP contribution >= 0.6 is 0 Å². The molecule has 3 saturated carbocycles. The maximum atomic E-state index is 13.8. The van der Waals surface area contributed by atoms with Gasteiger partial charge in [0.2, 0.25) is 6.29 Å². The summed E-state index contributed by atoms with van der Waals surface area (Å²) in [6.45, 7) is 8.76. The molecule has 1 aromatic heterocycles. The van der Waals surface area contributed by atoms with Crippen LogP contribution in [0.5, 0.6) is 11.5 Å². The summed E-state index contributed by atoms with van der Waals surface area (Å²) < 4.78 is 24.4. The van der Waals surface area contributed by atoms with Gasteiger partial charge in [0.1, 0.15) is 23.7 Å². The second-order valence-corrected chi connectivity index (χ2v) is 15.5. The van der Waals surface area contributed by atoms with Gasteiger partial charge in [-0.25, -0.2) is 4.79 Å². The van der Waals surface area contributed by atoms with E-state index in [1.54, 1.807) is 69.3 Å². The third-order valence-electron chi connectivity index (χ3n) is 11.5. The molecule has 4 aliphatic carbocycles. The standard InChI is InChI=1S/C38H44N2O9/c1-35(2,3)49-34(45)40-22-7-6-8-24(16-22)46-25-10-12-28(39-19-25)33-47-31-17-27-26-11-9-21-15-23(42)13-14-36(21,4)32(26)29(43)18-37(27,5)38(31,48-33)30(44)20-41/h6-8,10,12-16,19,26-27,29,31-33,41,43H,9,11,17-18,20H2,1-5H3,(H,40,45)/t26-,27-,29-,31+,32+,33?,36-,37-,38+/m0/s1. The number of anilines is 1. The third-order valence-corrected chi connectivity index (χ3v) is 11.5. The molecule has 5 aliphatic rings. The van der Waals surface area contributed by atoms with E-state index < -0.39 is 59.0 Å². The van der Waals surface area contributed by atoms with Gasteiger partial charge in [-0.2, -0.15) is 0 Å². The van der Waals surface area contributed by atoms with Crippen molar-refractivity contribution < 1.29 is 43.5 Å². The number of nitrogens with zero attached hydrogens (tertiary/aromatic N) is 1. The van der Waals surface area contributed by atoms with Crippen molar-refractivity contribution in [1.82, 2.24) is 4.98 Å². The lowest BCUT2D eigenvalue weighted by Crippen LogP contribution is -2.63. The molecule has 1 saturated heterocycles. The minimum absolute atomic E-state index is 0.00365. The van der Waals surface area contributed by atoms with Crippen molar-refractivity contribution in [1.29, 1.82) is 0 Å². The molecule has 0 radical (unpaired) electrons. The summed E-state index contributed by atoms with van der Waals surface area (Å²) in [7, 11) is 0. The molecule has 1 amide bonds. The van der Waals surface area contributed by atoms with Crippen LogP contribution in [0, 0.1) is 28.6 Å². The summed E-state index contributed by atoms with van der Waals surface area (Å²) in [5, 5.41) is 24.8. The van der Waals surface area contributed by atoms with Crippen molar-refractivity contribution in [3.63, 3.8) is 0 Å². The maximum absolute atomic E-state index is 13.8. The van der Waals surface area contributed by atoms with Crippen LogP contribution in [-0.4, -0.2) is 62.9 Å². The number of rotatable bonds is 6. The first-order chi connectivity index (χ1) is 23.2. The van der Waals surface area contributed by atoms with E-state index in [0.29, 0.717) is 35.7 Å². The van der Waals surface area contributed by atoms with Crippen molar-refractivity contribution >= 4 is 23.3 Å². The van der Waals surface area contributed by atoms with Crippen LogP contribution < -0.4 is 10.1 Å². The number of aliphatic hydroxyl groups excluding tert-OH is 2. The zero-order chi connectivity index (χ0) is 34.9. The van der Waals surface area contributed by atoms with Crippen molar-refractivity contribution in [3.8, 4) is 11.5 Å². The van der Waals surface area contributed by atoms with Crippen LogP contribution in [-0.2, 0) is 23.8 Å². The van der Waals surface area contributed by atoms with Crippen LogP contribution in [0.4, 0.5) is 10.5 Å². The number of ether oxygens (including phenoxy) is 4. The smallest absolute Gasteiger partial charge is 0.412 e. The fraction of sp³-hybridized carbons (Fsp3) is 0.526. The highest BCUT2D eigenvalue weighted by Gasteiger charge is 2.76. The number of amides is 1. The summed E-state index contributed by atoms with van der Waals surface area (Å²) in [6.07, 6.45) is 6.25. The number of hydrogen-bond acceptors (Lipinski definition) is 10. The Balaban J connectivity index is 1.09. The Morgan fingerprint density at radius 2 is 1.94 bits per heavy atom. The van der Waals surface area contributed by atoms with Crippen LogP contribution in [0.1, 0.15) is 72.3 Å². The molecule has 0 spiro atoms. The fourth-order valence-electron chi connectivity index (χ4n) is 9.60. The van der Waals surface area contributed by atoms with Gasteiger partial charge in [-0.15, -0.1) is 0 Å². The largest absolute Gasteiger partial charge is 0.456 e. The lowest BCUT2D eigenvalue weighted by atomic mass is 9.46. The highest BCUT2D eigenvalue weighted by Crippen LogP contribution is 2.70. The van der Waals surface area contributed by atoms with Gasteiger partial charge in [0.25, 0.3) is 0 Å². The number of carbonyl (C=O) groups excluding carboxylic acids is 3. The number of carbonyl (C=O) groups is 3. The number of nitrogens with one attached hydrogen (secondary N) is 1. The number of aliphatic hydroxyl groups is 2. The molecular formula is C38H44N2O9. The van der Waals surface area contributed by atoms with Gasteiger partial charge in [0.05, 0.1) is 24.1 Å². The predicted molar refractivity (Wildman–Crippen MR) is 178 cm³/mol. The molecule has 7 rings (SSSR count). The molecule has 3 N–H and O–H groups in total. The minimum Gasteiger partial charge on any atom is -0.456 e. The molecular weight excluding hydrogens is 628 g/mol. The average Bonchev–Trinajstić information content (AvgIpc) is 3.53. The Labute approximate surface area is 285 Å².